The van der Waals surface area contributed by atoms with Crippen molar-refractivity contribution < 1.29 is 0 Å². The first-order chi connectivity index (χ1) is 29.2. The summed E-state index contributed by atoms with van der Waals surface area (Å²) in [5, 5.41) is 10.4. The Labute approximate surface area is 357 Å². The van der Waals surface area contributed by atoms with Gasteiger partial charge >= 0.3 is 0 Å². The van der Waals surface area contributed by atoms with Crippen LogP contribution in [-0.4, -0.2) is 0 Å². The summed E-state index contributed by atoms with van der Waals surface area (Å²) in [4.78, 5) is 5.02. The van der Waals surface area contributed by atoms with Gasteiger partial charge in [0.05, 0.1) is 22.7 Å². The average Bonchev–Trinajstić information content (AvgIpc) is 3.80. The average molecular weight is 805 g/mol. The van der Waals surface area contributed by atoms with Crippen molar-refractivity contribution in [1.82, 2.24) is 0 Å². The molecule has 0 unspecified atom stereocenters. The molecule has 286 valence electrons. The van der Waals surface area contributed by atoms with Crippen LogP contribution in [0.5, 0.6) is 0 Å². The van der Waals surface area contributed by atoms with Gasteiger partial charge in [0.2, 0.25) is 0 Å². The lowest BCUT2D eigenvalue weighted by atomic mass is 9.72. The summed E-state index contributed by atoms with van der Waals surface area (Å²) in [5.74, 6) is 0. The van der Waals surface area contributed by atoms with E-state index in [1.807, 2.05) is 22.7 Å². The molecule has 0 atom stereocenters. The molecule has 4 heterocycles. The first kappa shape index (κ1) is 34.4. The predicted molar refractivity (Wildman–Crippen MR) is 261 cm³/mol. The van der Waals surface area contributed by atoms with Crippen LogP contribution in [0.25, 0.3) is 61.9 Å². The maximum Gasteiger partial charge on any atom is 0.0509 e. The van der Waals surface area contributed by atoms with Crippen molar-refractivity contribution in [3.8, 4) is 0 Å². The van der Waals surface area contributed by atoms with Gasteiger partial charge in [-0.15, -0.1) is 22.7 Å². The van der Waals surface area contributed by atoms with Crippen LogP contribution in [0.2, 0.25) is 0 Å². The Hall–Kier alpha value is -6.46. The first-order valence-corrected chi connectivity index (χ1v) is 22.5. The minimum atomic E-state index is -0.191. The number of fused-ring (bicyclic) bond motifs is 12. The van der Waals surface area contributed by atoms with E-state index >= 15 is 0 Å². The van der Waals surface area contributed by atoms with Gasteiger partial charge in [-0.05, 0) is 129 Å². The lowest BCUT2D eigenvalue weighted by molar-refractivity contribution is 0.634. The number of thiophene rings is 2. The van der Waals surface area contributed by atoms with Crippen molar-refractivity contribution in [2.45, 2.75) is 38.5 Å². The summed E-state index contributed by atoms with van der Waals surface area (Å²) in [7, 11) is 0. The fourth-order valence-electron chi connectivity index (χ4n) is 10.6. The van der Waals surface area contributed by atoms with E-state index < -0.39 is 0 Å². The largest absolute Gasteiger partial charge is 0.310 e. The Balaban J connectivity index is 1.04. The first-order valence-electron chi connectivity index (χ1n) is 20.9. The Kier molecular flexibility index (Phi) is 6.92. The molecule has 0 aliphatic carbocycles. The second-order valence-electron chi connectivity index (χ2n) is 17.8. The lowest BCUT2D eigenvalue weighted by Crippen LogP contribution is -2.30. The van der Waals surface area contributed by atoms with Crippen molar-refractivity contribution in [1.29, 1.82) is 0 Å². The highest BCUT2D eigenvalue weighted by molar-refractivity contribution is 7.27. The molecule has 11 aromatic rings. The molecule has 2 aliphatic rings. The molecular formula is C56H40N2S2. The zero-order chi connectivity index (χ0) is 40.1. The van der Waals surface area contributed by atoms with Gasteiger partial charge in [0.25, 0.3) is 0 Å². The number of nitrogens with zero attached hydrogens (tertiary/aromatic N) is 2. The number of rotatable bonds is 2. The van der Waals surface area contributed by atoms with Gasteiger partial charge < -0.3 is 9.80 Å². The van der Waals surface area contributed by atoms with Crippen molar-refractivity contribution in [3.05, 3.63) is 192 Å². The molecule has 0 saturated heterocycles. The van der Waals surface area contributed by atoms with Crippen LogP contribution in [0.15, 0.2) is 170 Å². The molecule has 2 aliphatic heterocycles. The van der Waals surface area contributed by atoms with Crippen LogP contribution in [0.3, 0.4) is 0 Å². The van der Waals surface area contributed by atoms with E-state index in [-0.39, 0.29) is 10.8 Å². The van der Waals surface area contributed by atoms with Gasteiger partial charge in [-0.2, -0.15) is 0 Å². The number of benzene rings is 9. The van der Waals surface area contributed by atoms with E-state index in [0.29, 0.717) is 0 Å². The van der Waals surface area contributed by atoms with Crippen molar-refractivity contribution in [2.75, 3.05) is 9.80 Å². The third kappa shape index (κ3) is 4.69. The van der Waals surface area contributed by atoms with Crippen molar-refractivity contribution in [3.63, 3.8) is 0 Å². The molecular weight excluding hydrogens is 765 g/mol. The van der Waals surface area contributed by atoms with Gasteiger partial charge in [0.1, 0.15) is 0 Å². The monoisotopic (exact) mass is 804 g/mol. The van der Waals surface area contributed by atoms with E-state index in [9.17, 15) is 0 Å². The second-order valence-corrected chi connectivity index (χ2v) is 20.0. The van der Waals surface area contributed by atoms with E-state index in [4.69, 9.17) is 0 Å². The Bertz CT molecular complexity index is 3370. The highest BCUT2D eigenvalue weighted by atomic mass is 32.1. The SMILES string of the molecule is CC1(C)c2cc3ccccc3cc2N(c2ccccc2)c2cc3c(cc21)sc1cc2c(cc13)sc1cc3c(cc12)N(c1ccccc1)c1cc2ccccc2cc1C3(C)C. The van der Waals surface area contributed by atoms with Crippen LogP contribution in [-0.2, 0) is 10.8 Å². The standard InChI is InChI=1S/C56H40N2S2/c1-55(2)43-23-33-15-11-13-17-35(33)25-47(43)57(37-19-7-5-8-20-37)49-27-39-41-29-52-42(30-51(41)59-53(39)31-45(49)55)40-28-50-46(32-54(40)60-52)56(3,4)44-24-34-16-12-14-18-36(34)26-48(44)58(50)38-21-9-6-10-22-38/h5-32H,1-4H3. The third-order valence-corrected chi connectivity index (χ3v) is 15.9. The molecule has 0 N–H and O–H groups in total. The maximum atomic E-state index is 2.51. The van der Waals surface area contributed by atoms with Gasteiger partial charge in [0.15, 0.2) is 0 Å². The summed E-state index contributed by atoms with van der Waals surface area (Å²) < 4.78 is 5.35. The molecule has 0 bridgehead atoms. The minimum absolute atomic E-state index is 0.191. The van der Waals surface area contributed by atoms with Gasteiger partial charge in [-0.1, -0.05) is 113 Å². The maximum absolute atomic E-state index is 2.51. The van der Waals surface area contributed by atoms with Crippen LogP contribution < -0.4 is 9.80 Å². The highest BCUT2D eigenvalue weighted by Crippen LogP contribution is 2.57. The van der Waals surface area contributed by atoms with Crippen LogP contribution >= 0.6 is 22.7 Å². The summed E-state index contributed by atoms with van der Waals surface area (Å²) >= 11 is 3.87. The van der Waals surface area contributed by atoms with Crippen LogP contribution in [0.4, 0.5) is 34.1 Å². The molecule has 2 aromatic heterocycles. The normalized spacial score (nSPS) is 15.2. The van der Waals surface area contributed by atoms with Crippen molar-refractivity contribution >= 4 is 119 Å². The molecule has 4 heteroatoms. The van der Waals surface area contributed by atoms with E-state index in [1.165, 1.54) is 118 Å². The zero-order valence-corrected chi connectivity index (χ0v) is 35.5. The summed E-state index contributed by atoms with van der Waals surface area (Å²) in [6.45, 7) is 9.63. The molecule has 0 fully saturated rings. The second kappa shape index (κ2) is 12.1. The Morgan fingerprint density at radius 2 is 0.617 bits per heavy atom. The fraction of sp³-hybridized carbons (Fsp3) is 0.107. The topological polar surface area (TPSA) is 6.48 Å². The smallest absolute Gasteiger partial charge is 0.0509 e. The Morgan fingerprint density at radius 1 is 0.317 bits per heavy atom. The fourth-order valence-corrected chi connectivity index (χ4v) is 12.9. The molecule has 13 rings (SSSR count). The van der Waals surface area contributed by atoms with Gasteiger partial charge in [-0.25, -0.2) is 0 Å². The summed E-state index contributed by atoms with van der Waals surface area (Å²) in [5.41, 5.74) is 12.5. The highest BCUT2D eigenvalue weighted by Gasteiger charge is 2.40. The number of para-hydroxylation sites is 2. The third-order valence-electron chi connectivity index (χ3n) is 13.7. The molecule has 9 aromatic carbocycles. The molecule has 0 amide bonds. The molecule has 2 nitrogen and oxygen atoms in total. The lowest BCUT2D eigenvalue weighted by Gasteiger charge is -2.42. The molecule has 0 radical (unpaired) electrons. The van der Waals surface area contributed by atoms with Crippen molar-refractivity contribution in [2.24, 2.45) is 0 Å². The molecule has 0 spiro atoms. The van der Waals surface area contributed by atoms with E-state index in [2.05, 4.69) is 207 Å². The van der Waals surface area contributed by atoms with Crippen LogP contribution in [0.1, 0.15) is 49.9 Å². The molecule has 0 saturated carbocycles. The van der Waals surface area contributed by atoms with Gasteiger partial charge in [-0.3, -0.25) is 0 Å². The summed E-state index contributed by atoms with van der Waals surface area (Å²) in [6.07, 6.45) is 0. The Morgan fingerprint density at radius 3 is 1.02 bits per heavy atom. The predicted octanol–water partition coefficient (Wildman–Crippen LogP) is 16.9. The molecule has 60 heavy (non-hydrogen) atoms. The number of hydrogen-bond acceptors (Lipinski definition) is 4. The minimum Gasteiger partial charge on any atom is -0.310 e. The van der Waals surface area contributed by atoms with E-state index in [0.717, 1.165) is 0 Å². The summed E-state index contributed by atoms with van der Waals surface area (Å²) in [6, 6.07) is 64.1. The quantitative estimate of drug-likeness (QED) is 0.172. The van der Waals surface area contributed by atoms with Crippen LogP contribution in [0, 0.1) is 0 Å². The number of hydrogen-bond donors (Lipinski definition) is 0. The number of anilines is 6. The van der Waals surface area contributed by atoms with Gasteiger partial charge in [0, 0.05) is 62.5 Å². The van der Waals surface area contributed by atoms with E-state index in [1.54, 1.807) is 0 Å². The zero-order valence-electron chi connectivity index (χ0n) is 33.9.